The number of allylic oxidation sites excluding steroid dienone is 6. The summed E-state index contributed by atoms with van der Waals surface area (Å²) in [4.78, 5) is 29.0. The van der Waals surface area contributed by atoms with Gasteiger partial charge in [-0.05, 0) is 55.7 Å². The number of H-pyrrole nitrogens is 1. The molecule has 6 heteroatoms. The van der Waals surface area contributed by atoms with Gasteiger partial charge in [0.05, 0.1) is 18.7 Å². The normalized spacial score (nSPS) is 13.3. The predicted octanol–water partition coefficient (Wildman–Crippen LogP) is 6.40. The van der Waals surface area contributed by atoms with Crippen LogP contribution in [-0.4, -0.2) is 29.8 Å². The SMILES string of the molecule is C=C/C(=C\C=C/C)C(C)NC(=O)c1cc(C(=O)/C(C(=C)c2ccc(Br)cc2)=C(\C)OC)c[nH]1. The Morgan fingerprint density at radius 1 is 1.21 bits per heavy atom. The Hall–Kier alpha value is -3.38. The average molecular weight is 509 g/mol. The van der Waals surface area contributed by atoms with E-state index in [9.17, 15) is 9.59 Å². The van der Waals surface area contributed by atoms with E-state index in [1.54, 1.807) is 13.0 Å². The van der Waals surface area contributed by atoms with Crippen LogP contribution in [-0.2, 0) is 4.74 Å². The Morgan fingerprint density at radius 3 is 2.45 bits per heavy atom. The van der Waals surface area contributed by atoms with Gasteiger partial charge in [0, 0.05) is 16.2 Å². The Labute approximate surface area is 203 Å². The van der Waals surface area contributed by atoms with Crippen molar-refractivity contribution in [3.63, 3.8) is 0 Å². The number of nitrogens with one attached hydrogen (secondary N) is 2. The molecule has 0 aliphatic heterocycles. The van der Waals surface area contributed by atoms with E-state index >= 15 is 0 Å². The number of hydrogen-bond acceptors (Lipinski definition) is 3. The smallest absolute Gasteiger partial charge is 0.268 e. The average Bonchev–Trinajstić information content (AvgIpc) is 3.30. The predicted molar refractivity (Wildman–Crippen MR) is 138 cm³/mol. The second-order valence-electron chi connectivity index (χ2n) is 7.34. The molecule has 1 heterocycles. The van der Waals surface area contributed by atoms with Crippen LogP contribution in [0.25, 0.3) is 5.57 Å². The highest BCUT2D eigenvalue weighted by Gasteiger charge is 2.23. The van der Waals surface area contributed by atoms with Crippen LogP contribution in [0.2, 0.25) is 0 Å². The van der Waals surface area contributed by atoms with Crippen molar-refractivity contribution in [2.75, 3.05) is 7.11 Å². The minimum atomic E-state index is -0.324. The lowest BCUT2D eigenvalue weighted by atomic mass is 9.93. The summed E-state index contributed by atoms with van der Waals surface area (Å²) in [5.74, 6) is -0.167. The summed E-state index contributed by atoms with van der Waals surface area (Å²) in [6.07, 6.45) is 8.89. The molecule has 0 radical (unpaired) electrons. The monoisotopic (exact) mass is 508 g/mol. The topological polar surface area (TPSA) is 71.2 Å². The molecule has 1 aromatic heterocycles. The van der Waals surface area contributed by atoms with Gasteiger partial charge in [-0.2, -0.15) is 0 Å². The highest BCUT2D eigenvalue weighted by atomic mass is 79.9. The Bertz CT molecular complexity index is 1130. The van der Waals surface area contributed by atoms with Gasteiger partial charge in [0.1, 0.15) is 11.5 Å². The lowest BCUT2D eigenvalue weighted by Crippen LogP contribution is -2.33. The zero-order valence-corrected chi connectivity index (χ0v) is 21.0. The number of ether oxygens (including phenoxy) is 1. The summed E-state index contributed by atoms with van der Waals surface area (Å²) in [5, 5.41) is 2.91. The van der Waals surface area contributed by atoms with Gasteiger partial charge in [0.15, 0.2) is 5.78 Å². The summed E-state index contributed by atoms with van der Waals surface area (Å²) in [5.41, 5.74) is 3.18. The molecule has 0 saturated heterocycles. The number of methoxy groups -OCH3 is 1. The first-order chi connectivity index (χ1) is 15.7. The maximum Gasteiger partial charge on any atom is 0.268 e. The summed E-state index contributed by atoms with van der Waals surface area (Å²) in [6.45, 7) is 13.4. The number of carbonyl (C=O) groups is 2. The molecule has 0 spiro atoms. The molecule has 172 valence electrons. The molecule has 0 bridgehead atoms. The molecular formula is C27H29BrN2O3. The first-order valence-corrected chi connectivity index (χ1v) is 11.2. The molecule has 0 saturated carbocycles. The van der Waals surface area contributed by atoms with Crippen LogP contribution in [0.4, 0.5) is 0 Å². The van der Waals surface area contributed by atoms with Crippen molar-refractivity contribution in [3.05, 3.63) is 112 Å². The van der Waals surface area contributed by atoms with Gasteiger partial charge < -0.3 is 15.0 Å². The van der Waals surface area contributed by atoms with Gasteiger partial charge in [-0.1, -0.05) is 65.5 Å². The Balaban J connectivity index is 2.28. The number of amides is 1. The van der Waals surface area contributed by atoms with Gasteiger partial charge in [0.25, 0.3) is 5.91 Å². The number of hydrogen-bond donors (Lipinski definition) is 2. The third kappa shape index (κ3) is 6.56. The van der Waals surface area contributed by atoms with Crippen LogP contribution < -0.4 is 5.32 Å². The first kappa shape index (κ1) is 25.9. The van der Waals surface area contributed by atoms with Crippen molar-refractivity contribution >= 4 is 33.2 Å². The Morgan fingerprint density at radius 2 is 1.88 bits per heavy atom. The van der Waals surface area contributed by atoms with Gasteiger partial charge in [-0.3, -0.25) is 9.59 Å². The van der Waals surface area contributed by atoms with E-state index in [0.717, 1.165) is 15.6 Å². The number of aromatic amines is 1. The second kappa shape index (κ2) is 12.0. The van der Waals surface area contributed by atoms with Crippen LogP contribution in [0.1, 0.15) is 47.2 Å². The molecule has 1 atom stereocenters. The zero-order chi connectivity index (χ0) is 24.5. The minimum Gasteiger partial charge on any atom is -0.501 e. The van der Waals surface area contributed by atoms with E-state index in [-0.39, 0.29) is 23.4 Å². The van der Waals surface area contributed by atoms with Crippen molar-refractivity contribution in [3.8, 4) is 0 Å². The van der Waals surface area contributed by atoms with Crippen LogP contribution in [0.5, 0.6) is 0 Å². The fraction of sp³-hybridized carbons (Fsp3) is 0.185. The molecular weight excluding hydrogens is 480 g/mol. The molecule has 1 aromatic carbocycles. The molecule has 0 aliphatic rings. The number of ketones is 1. The van der Waals surface area contributed by atoms with Crippen molar-refractivity contribution in [2.45, 2.75) is 26.8 Å². The number of carbonyl (C=O) groups excluding carboxylic acids is 2. The van der Waals surface area contributed by atoms with Crippen LogP contribution in [0.3, 0.4) is 0 Å². The van der Waals surface area contributed by atoms with Gasteiger partial charge in [-0.15, -0.1) is 0 Å². The van der Waals surface area contributed by atoms with Gasteiger partial charge >= 0.3 is 0 Å². The highest BCUT2D eigenvalue weighted by molar-refractivity contribution is 9.10. The second-order valence-corrected chi connectivity index (χ2v) is 8.26. The van der Waals surface area contributed by atoms with Gasteiger partial charge in [0.2, 0.25) is 0 Å². The third-order valence-corrected chi connectivity index (χ3v) is 5.66. The van der Waals surface area contributed by atoms with Crippen LogP contribution >= 0.6 is 15.9 Å². The molecule has 1 unspecified atom stereocenters. The Kier molecular flexibility index (Phi) is 9.43. The van der Waals surface area contributed by atoms with E-state index < -0.39 is 0 Å². The van der Waals surface area contributed by atoms with E-state index in [1.807, 2.05) is 56.3 Å². The third-order valence-electron chi connectivity index (χ3n) is 5.13. The molecule has 1 amide bonds. The molecule has 33 heavy (non-hydrogen) atoms. The molecule has 0 fully saturated rings. The summed E-state index contributed by atoms with van der Waals surface area (Å²) in [6, 6.07) is 8.79. The number of benzene rings is 1. The van der Waals surface area contributed by atoms with E-state index in [2.05, 4.69) is 39.4 Å². The van der Waals surface area contributed by atoms with Crippen LogP contribution in [0.15, 0.2) is 95.4 Å². The van der Waals surface area contributed by atoms with Crippen molar-refractivity contribution in [1.29, 1.82) is 0 Å². The fourth-order valence-corrected chi connectivity index (χ4v) is 3.43. The number of Topliss-reactive ketones (excluding diaryl/α,β-unsaturated/α-hetero) is 1. The molecule has 2 N–H and O–H groups in total. The van der Waals surface area contributed by atoms with Crippen LogP contribution in [0, 0.1) is 0 Å². The molecule has 5 nitrogen and oxygen atoms in total. The molecule has 2 aromatic rings. The molecule has 2 rings (SSSR count). The summed E-state index contributed by atoms with van der Waals surface area (Å²) < 4.78 is 6.30. The maximum atomic E-state index is 13.4. The van der Waals surface area contributed by atoms with Crippen molar-refractivity contribution in [2.24, 2.45) is 0 Å². The lowest BCUT2D eigenvalue weighted by molar-refractivity contribution is 0.0941. The zero-order valence-electron chi connectivity index (χ0n) is 19.4. The van der Waals surface area contributed by atoms with E-state index in [0.29, 0.717) is 22.5 Å². The van der Waals surface area contributed by atoms with E-state index in [4.69, 9.17) is 4.74 Å². The van der Waals surface area contributed by atoms with E-state index in [1.165, 1.54) is 19.4 Å². The number of halogens is 1. The van der Waals surface area contributed by atoms with Gasteiger partial charge in [-0.25, -0.2) is 0 Å². The summed E-state index contributed by atoms with van der Waals surface area (Å²) >= 11 is 3.41. The quantitative estimate of drug-likeness (QED) is 0.169. The molecule has 0 aliphatic carbocycles. The summed E-state index contributed by atoms with van der Waals surface area (Å²) in [7, 11) is 1.51. The largest absolute Gasteiger partial charge is 0.501 e. The standard InChI is InChI=1S/C27H29BrN2O3/c1-7-9-10-20(8-2)18(4)30-27(32)24-15-22(16-29-24)26(31)25(19(5)33-6)17(3)21-11-13-23(28)14-12-21/h7-16,18,29H,2-3H2,1,4-6H3,(H,30,32)/b9-7-,20-10+,25-19+. The first-order valence-electron chi connectivity index (χ1n) is 10.4. The van der Waals surface area contributed by atoms with Crippen molar-refractivity contribution in [1.82, 2.24) is 10.3 Å². The van der Waals surface area contributed by atoms with Crippen molar-refractivity contribution < 1.29 is 14.3 Å². The minimum absolute atomic E-state index is 0.253. The number of aromatic nitrogens is 1. The lowest BCUT2D eigenvalue weighted by Gasteiger charge is -2.14. The fourth-order valence-electron chi connectivity index (χ4n) is 3.16. The highest BCUT2D eigenvalue weighted by Crippen LogP contribution is 2.29. The number of rotatable bonds is 10. The maximum absolute atomic E-state index is 13.4.